The first-order valence-corrected chi connectivity index (χ1v) is 9.83. The maximum atomic E-state index is 12.8. The molecule has 2 aromatic rings. The maximum Gasteiger partial charge on any atom is 0.263 e. The van der Waals surface area contributed by atoms with E-state index < -0.39 is 10.0 Å². The molecule has 0 amide bonds. The molecular formula is C18H19NO2S2. The zero-order valence-electron chi connectivity index (χ0n) is 13.0. The highest BCUT2D eigenvalue weighted by molar-refractivity contribution is 8.03. The first kappa shape index (κ1) is 16.1. The van der Waals surface area contributed by atoms with Crippen LogP contribution in [0.2, 0.25) is 0 Å². The Bertz CT molecular complexity index is 797. The summed E-state index contributed by atoms with van der Waals surface area (Å²) in [4.78, 5) is 2.57. The average molecular weight is 345 g/mol. The highest BCUT2D eigenvalue weighted by atomic mass is 32.2. The molecule has 0 aliphatic carbocycles. The summed E-state index contributed by atoms with van der Waals surface area (Å²) in [7, 11) is -3.46. The van der Waals surface area contributed by atoms with Crippen molar-refractivity contribution in [1.29, 1.82) is 0 Å². The van der Waals surface area contributed by atoms with Crippen molar-refractivity contribution in [3.05, 3.63) is 71.3 Å². The molecule has 0 N–H and O–H groups in total. The van der Waals surface area contributed by atoms with Gasteiger partial charge in [0.05, 0.1) is 4.90 Å². The van der Waals surface area contributed by atoms with Crippen LogP contribution in [0.3, 0.4) is 0 Å². The van der Waals surface area contributed by atoms with Crippen LogP contribution in [0.4, 0.5) is 0 Å². The van der Waals surface area contributed by atoms with E-state index in [2.05, 4.69) is 0 Å². The van der Waals surface area contributed by atoms with Gasteiger partial charge in [0.15, 0.2) is 0 Å². The number of allylic oxidation sites excluding steroid dienone is 1. The lowest BCUT2D eigenvalue weighted by molar-refractivity contribution is 0.474. The van der Waals surface area contributed by atoms with E-state index in [1.165, 1.54) is 4.31 Å². The highest BCUT2D eigenvalue weighted by Crippen LogP contribution is 2.33. The molecular weight excluding hydrogens is 326 g/mol. The van der Waals surface area contributed by atoms with Gasteiger partial charge in [-0.15, -0.1) is 0 Å². The minimum absolute atomic E-state index is 0.352. The van der Waals surface area contributed by atoms with Gasteiger partial charge in [-0.3, -0.25) is 4.31 Å². The van der Waals surface area contributed by atoms with Crippen LogP contribution in [0.5, 0.6) is 0 Å². The van der Waals surface area contributed by atoms with Gasteiger partial charge >= 0.3 is 0 Å². The van der Waals surface area contributed by atoms with Gasteiger partial charge in [-0.25, -0.2) is 8.42 Å². The molecule has 0 saturated heterocycles. The van der Waals surface area contributed by atoms with E-state index in [0.29, 0.717) is 11.4 Å². The summed E-state index contributed by atoms with van der Waals surface area (Å²) in [5.74, 6) is 0. The molecule has 5 heteroatoms. The molecule has 0 spiro atoms. The third-order valence-corrected chi connectivity index (χ3v) is 6.56. The summed E-state index contributed by atoms with van der Waals surface area (Å²) < 4.78 is 27.0. The van der Waals surface area contributed by atoms with Crippen LogP contribution in [0.15, 0.2) is 75.5 Å². The Morgan fingerprint density at radius 2 is 1.70 bits per heavy atom. The van der Waals surface area contributed by atoms with Crippen LogP contribution >= 0.6 is 11.8 Å². The van der Waals surface area contributed by atoms with Crippen molar-refractivity contribution in [2.24, 2.45) is 0 Å². The Hall–Kier alpha value is -1.72. The SMILES string of the molecule is Cc1ccc(S(=O)(=O)N2C=C(Sc3ccccc3)CCC2)cc1. The summed E-state index contributed by atoms with van der Waals surface area (Å²) in [5, 5.41) is 0. The Morgan fingerprint density at radius 1 is 1.00 bits per heavy atom. The fourth-order valence-corrected chi connectivity index (χ4v) is 4.93. The van der Waals surface area contributed by atoms with E-state index in [1.54, 1.807) is 30.1 Å². The molecule has 120 valence electrons. The summed E-state index contributed by atoms with van der Waals surface area (Å²) in [6.45, 7) is 2.49. The summed E-state index contributed by atoms with van der Waals surface area (Å²) in [6.07, 6.45) is 3.55. The number of rotatable bonds is 4. The van der Waals surface area contributed by atoms with Crippen LogP contribution in [-0.4, -0.2) is 19.3 Å². The van der Waals surface area contributed by atoms with Gasteiger partial charge < -0.3 is 0 Å². The van der Waals surface area contributed by atoms with Crippen LogP contribution in [0.1, 0.15) is 18.4 Å². The lowest BCUT2D eigenvalue weighted by Gasteiger charge is -2.26. The van der Waals surface area contributed by atoms with Gasteiger partial charge in [-0.05, 0) is 44.0 Å². The molecule has 1 aliphatic rings. The van der Waals surface area contributed by atoms with Crippen LogP contribution in [0.25, 0.3) is 0 Å². The van der Waals surface area contributed by atoms with Gasteiger partial charge in [0.1, 0.15) is 0 Å². The molecule has 0 radical (unpaired) electrons. The molecule has 1 heterocycles. The zero-order chi connectivity index (χ0) is 16.3. The number of thioether (sulfide) groups is 1. The van der Waals surface area contributed by atoms with E-state index in [-0.39, 0.29) is 0 Å². The van der Waals surface area contributed by atoms with Crippen molar-refractivity contribution in [3.63, 3.8) is 0 Å². The molecule has 2 aromatic carbocycles. The van der Waals surface area contributed by atoms with Crippen LogP contribution in [-0.2, 0) is 10.0 Å². The predicted molar refractivity (Wildman–Crippen MR) is 94.7 cm³/mol. The summed E-state index contributed by atoms with van der Waals surface area (Å²) in [6, 6.07) is 17.1. The standard InChI is InChI=1S/C18H19NO2S2/c1-15-9-11-18(12-10-15)23(20,21)19-13-5-8-17(14-19)22-16-6-3-2-4-7-16/h2-4,6-7,9-12,14H,5,8,13H2,1H3. The highest BCUT2D eigenvalue weighted by Gasteiger charge is 2.24. The van der Waals surface area contributed by atoms with Crippen molar-refractivity contribution in [3.8, 4) is 0 Å². The summed E-state index contributed by atoms with van der Waals surface area (Å²) in [5.41, 5.74) is 1.05. The van der Waals surface area contributed by atoms with E-state index >= 15 is 0 Å². The van der Waals surface area contributed by atoms with E-state index in [9.17, 15) is 8.42 Å². The molecule has 3 rings (SSSR count). The second kappa shape index (κ2) is 6.81. The topological polar surface area (TPSA) is 37.4 Å². The van der Waals surface area contributed by atoms with Crippen molar-refractivity contribution in [2.45, 2.75) is 29.6 Å². The van der Waals surface area contributed by atoms with E-state index in [0.717, 1.165) is 28.2 Å². The van der Waals surface area contributed by atoms with Crippen LogP contribution in [0, 0.1) is 6.92 Å². The predicted octanol–water partition coefficient (Wildman–Crippen LogP) is 4.41. The molecule has 0 unspecified atom stereocenters. The van der Waals surface area contributed by atoms with Crippen molar-refractivity contribution >= 4 is 21.8 Å². The van der Waals surface area contributed by atoms with Gasteiger partial charge in [-0.1, -0.05) is 47.7 Å². The Kier molecular flexibility index (Phi) is 4.78. The molecule has 1 aliphatic heterocycles. The number of benzene rings is 2. The second-order valence-corrected chi connectivity index (χ2v) is 8.63. The maximum absolute atomic E-state index is 12.8. The number of hydrogen-bond donors (Lipinski definition) is 0. The molecule has 0 atom stereocenters. The largest absolute Gasteiger partial charge is 0.273 e. The first-order valence-electron chi connectivity index (χ1n) is 7.58. The third kappa shape index (κ3) is 3.79. The Labute approximate surface area is 142 Å². The van der Waals surface area contributed by atoms with Crippen molar-refractivity contribution in [1.82, 2.24) is 4.31 Å². The van der Waals surface area contributed by atoms with Crippen molar-refractivity contribution in [2.75, 3.05) is 6.54 Å². The van der Waals surface area contributed by atoms with Crippen molar-refractivity contribution < 1.29 is 8.42 Å². The lowest BCUT2D eigenvalue weighted by Crippen LogP contribution is -2.29. The average Bonchev–Trinajstić information content (AvgIpc) is 2.56. The van der Waals surface area contributed by atoms with E-state index in [4.69, 9.17) is 0 Å². The Morgan fingerprint density at radius 3 is 2.39 bits per heavy atom. The summed E-state index contributed by atoms with van der Waals surface area (Å²) >= 11 is 1.64. The molecule has 0 fully saturated rings. The first-order chi connectivity index (χ1) is 11.1. The minimum atomic E-state index is -3.46. The molecule has 0 saturated carbocycles. The van der Waals surface area contributed by atoms with Gasteiger partial charge in [0, 0.05) is 22.5 Å². The molecule has 0 bridgehead atoms. The fraction of sp³-hybridized carbons (Fsp3) is 0.222. The number of sulfonamides is 1. The molecule has 3 nitrogen and oxygen atoms in total. The number of hydrogen-bond acceptors (Lipinski definition) is 3. The van der Waals surface area contributed by atoms with Gasteiger partial charge in [-0.2, -0.15) is 0 Å². The molecule has 0 aromatic heterocycles. The molecule has 23 heavy (non-hydrogen) atoms. The monoisotopic (exact) mass is 345 g/mol. The number of nitrogens with zero attached hydrogens (tertiary/aromatic N) is 1. The second-order valence-electron chi connectivity index (χ2n) is 5.54. The minimum Gasteiger partial charge on any atom is -0.273 e. The van der Waals surface area contributed by atoms with E-state index in [1.807, 2.05) is 49.4 Å². The quantitative estimate of drug-likeness (QED) is 0.823. The fourth-order valence-electron chi connectivity index (χ4n) is 2.45. The van der Waals surface area contributed by atoms with Gasteiger partial charge in [0.2, 0.25) is 0 Å². The smallest absolute Gasteiger partial charge is 0.263 e. The Balaban J connectivity index is 1.84. The third-order valence-electron chi connectivity index (χ3n) is 3.71. The zero-order valence-corrected chi connectivity index (χ0v) is 14.6. The van der Waals surface area contributed by atoms with Gasteiger partial charge in [0.25, 0.3) is 10.0 Å². The number of aryl methyl sites for hydroxylation is 1. The van der Waals surface area contributed by atoms with Crippen LogP contribution < -0.4 is 0 Å². The lowest BCUT2D eigenvalue weighted by atomic mass is 10.2. The normalized spacial score (nSPS) is 15.3.